The molecule has 104 valence electrons. The summed E-state index contributed by atoms with van der Waals surface area (Å²) in [5.74, 6) is 0.217. The van der Waals surface area contributed by atoms with E-state index >= 15 is 0 Å². The first-order chi connectivity index (χ1) is 8.91. The number of benzene rings is 1. The number of hydrogen-bond acceptors (Lipinski definition) is 2. The average molecular weight is 346 g/mol. The molecule has 19 heavy (non-hydrogen) atoms. The van der Waals surface area contributed by atoms with Gasteiger partial charge in [0.2, 0.25) is 0 Å². The summed E-state index contributed by atoms with van der Waals surface area (Å²) in [6, 6.07) is 4.84. The lowest BCUT2D eigenvalue weighted by molar-refractivity contribution is 0.0759. The molecule has 2 rings (SSSR count). The van der Waals surface area contributed by atoms with Gasteiger partial charge in [0, 0.05) is 23.6 Å². The molecule has 0 unspecified atom stereocenters. The van der Waals surface area contributed by atoms with Crippen molar-refractivity contribution in [2.75, 3.05) is 18.8 Å². The first kappa shape index (κ1) is 14.9. The van der Waals surface area contributed by atoms with Crippen LogP contribution in [0.4, 0.5) is 4.39 Å². The molecule has 1 saturated heterocycles. The summed E-state index contributed by atoms with van der Waals surface area (Å²) in [5, 5.41) is 0. The summed E-state index contributed by atoms with van der Waals surface area (Å²) in [7, 11) is 0. The molecule has 0 spiro atoms. The fourth-order valence-electron chi connectivity index (χ4n) is 2.06. The molecule has 0 aliphatic carbocycles. The van der Waals surface area contributed by atoms with Crippen LogP contribution in [0.25, 0.3) is 0 Å². The molecule has 1 amide bonds. The summed E-state index contributed by atoms with van der Waals surface area (Å²) < 4.78 is 14.5. The van der Waals surface area contributed by atoms with E-state index in [-0.39, 0.29) is 16.2 Å². The van der Waals surface area contributed by atoms with Gasteiger partial charge in [0.25, 0.3) is 5.91 Å². The van der Waals surface area contributed by atoms with Crippen molar-refractivity contribution < 1.29 is 9.18 Å². The lowest BCUT2D eigenvalue weighted by atomic mass is 10.1. The largest absolute Gasteiger partial charge is 0.338 e. The molecular formula is C14H17BrFNOS. The van der Waals surface area contributed by atoms with Crippen LogP contribution < -0.4 is 0 Å². The van der Waals surface area contributed by atoms with Gasteiger partial charge in [0.1, 0.15) is 5.82 Å². The summed E-state index contributed by atoms with van der Waals surface area (Å²) in [4.78, 5) is 14.1. The lowest BCUT2D eigenvalue weighted by Crippen LogP contribution is -2.34. The number of thioether (sulfide) groups is 1. The van der Waals surface area contributed by atoms with E-state index in [2.05, 4.69) is 29.8 Å². The summed E-state index contributed by atoms with van der Waals surface area (Å²) in [5.41, 5.74) is 0.152. The van der Waals surface area contributed by atoms with Crippen LogP contribution in [-0.4, -0.2) is 34.4 Å². The first-order valence-corrected chi connectivity index (χ1v) is 8.06. The van der Waals surface area contributed by atoms with Crippen LogP contribution in [0, 0.1) is 5.82 Å². The Kier molecular flexibility index (Phi) is 4.56. The molecule has 0 aromatic heterocycles. The highest BCUT2D eigenvalue weighted by Gasteiger charge is 2.27. The predicted octanol–water partition coefficient (Wildman–Crippen LogP) is 3.95. The van der Waals surface area contributed by atoms with Gasteiger partial charge in [0.15, 0.2) is 0 Å². The van der Waals surface area contributed by atoms with Gasteiger partial charge in [-0.25, -0.2) is 4.39 Å². The normalized spacial score (nSPS) is 19.1. The van der Waals surface area contributed by atoms with Gasteiger partial charge in [-0.05, 0) is 34.5 Å². The van der Waals surface area contributed by atoms with Gasteiger partial charge in [-0.2, -0.15) is 11.8 Å². The number of carbonyl (C=O) groups is 1. The van der Waals surface area contributed by atoms with Crippen molar-refractivity contribution in [2.24, 2.45) is 0 Å². The topological polar surface area (TPSA) is 20.3 Å². The number of rotatable bonds is 1. The van der Waals surface area contributed by atoms with Crippen molar-refractivity contribution in [1.29, 1.82) is 0 Å². The zero-order valence-electron chi connectivity index (χ0n) is 11.1. The molecule has 1 aliphatic rings. The van der Waals surface area contributed by atoms with Gasteiger partial charge >= 0.3 is 0 Å². The first-order valence-electron chi connectivity index (χ1n) is 6.28. The van der Waals surface area contributed by atoms with Crippen LogP contribution in [0.3, 0.4) is 0 Å². The van der Waals surface area contributed by atoms with Crippen molar-refractivity contribution in [1.82, 2.24) is 4.90 Å². The molecule has 0 saturated carbocycles. The molecule has 5 heteroatoms. The van der Waals surface area contributed by atoms with E-state index in [0.29, 0.717) is 17.6 Å². The Morgan fingerprint density at radius 2 is 2.16 bits per heavy atom. The van der Waals surface area contributed by atoms with E-state index in [1.54, 1.807) is 23.1 Å². The molecule has 0 radical (unpaired) electrons. The molecule has 0 atom stereocenters. The van der Waals surface area contributed by atoms with Gasteiger partial charge in [-0.15, -0.1) is 0 Å². The third kappa shape index (κ3) is 3.51. The molecule has 2 nitrogen and oxygen atoms in total. The monoisotopic (exact) mass is 345 g/mol. The fourth-order valence-corrected chi connectivity index (χ4v) is 3.53. The maximum atomic E-state index is 14.0. The van der Waals surface area contributed by atoms with Crippen LogP contribution in [0.15, 0.2) is 22.7 Å². The highest BCUT2D eigenvalue weighted by molar-refractivity contribution is 9.10. The molecule has 1 aromatic rings. The Labute approximate surface area is 125 Å². The summed E-state index contributed by atoms with van der Waals surface area (Å²) >= 11 is 4.99. The van der Waals surface area contributed by atoms with Crippen molar-refractivity contribution in [3.05, 3.63) is 34.1 Å². The van der Waals surface area contributed by atoms with Crippen molar-refractivity contribution in [2.45, 2.75) is 25.0 Å². The maximum absolute atomic E-state index is 14.0. The number of carbonyl (C=O) groups excluding carboxylic acids is 1. The number of hydrogen-bond donors (Lipinski definition) is 0. The van der Waals surface area contributed by atoms with Crippen LogP contribution >= 0.6 is 27.7 Å². The fraction of sp³-hybridized carbons (Fsp3) is 0.500. The second-order valence-electron chi connectivity index (χ2n) is 5.25. The zero-order valence-corrected chi connectivity index (χ0v) is 13.5. The molecular weight excluding hydrogens is 329 g/mol. The van der Waals surface area contributed by atoms with Gasteiger partial charge in [-0.1, -0.05) is 19.9 Å². The van der Waals surface area contributed by atoms with Crippen LogP contribution in [0.5, 0.6) is 0 Å². The number of amides is 1. The molecule has 0 N–H and O–H groups in total. The highest BCUT2D eigenvalue weighted by Crippen LogP contribution is 2.31. The molecule has 1 heterocycles. The number of halogens is 2. The maximum Gasteiger partial charge on any atom is 0.256 e. The van der Waals surface area contributed by atoms with Gasteiger partial charge in [-0.3, -0.25) is 4.79 Å². The minimum atomic E-state index is -0.469. The second-order valence-corrected chi connectivity index (χ2v) is 7.91. The Balaban J connectivity index is 2.18. The molecule has 0 bridgehead atoms. The van der Waals surface area contributed by atoms with Crippen molar-refractivity contribution >= 4 is 33.6 Å². The van der Waals surface area contributed by atoms with E-state index in [4.69, 9.17) is 0 Å². The zero-order chi connectivity index (χ0) is 14.0. The molecule has 1 aromatic carbocycles. The second kappa shape index (κ2) is 5.83. The van der Waals surface area contributed by atoms with Crippen molar-refractivity contribution in [3.63, 3.8) is 0 Å². The Bertz CT molecular complexity index is 492. The van der Waals surface area contributed by atoms with E-state index in [1.807, 2.05) is 11.8 Å². The predicted molar refractivity (Wildman–Crippen MR) is 81.2 cm³/mol. The smallest absolute Gasteiger partial charge is 0.256 e. The average Bonchev–Trinajstić information content (AvgIpc) is 2.53. The van der Waals surface area contributed by atoms with Gasteiger partial charge < -0.3 is 4.90 Å². The third-order valence-electron chi connectivity index (χ3n) is 3.31. The Hall–Kier alpha value is -0.550. The molecule has 1 aliphatic heterocycles. The minimum absolute atomic E-state index is 0.152. The summed E-state index contributed by atoms with van der Waals surface area (Å²) in [6.45, 7) is 5.74. The van der Waals surface area contributed by atoms with Crippen LogP contribution in [0.2, 0.25) is 0 Å². The minimum Gasteiger partial charge on any atom is -0.338 e. The van der Waals surface area contributed by atoms with E-state index in [9.17, 15) is 9.18 Å². The quantitative estimate of drug-likeness (QED) is 0.768. The third-order valence-corrected chi connectivity index (χ3v) is 5.29. The van der Waals surface area contributed by atoms with Crippen LogP contribution in [-0.2, 0) is 0 Å². The van der Waals surface area contributed by atoms with Crippen LogP contribution in [0.1, 0.15) is 30.6 Å². The number of nitrogens with zero attached hydrogens (tertiary/aromatic N) is 1. The van der Waals surface area contributed by atoms with Crippen molar-refractivity contribution in [3.8, 4) is 0 Å². The Morgan fingerprint density at radius 3 is 2.89 bits per heavy atom. The summed E-state index contributed by atoms with van der Waals surface area (Å²) in [6.07, 6.45) is 0.930. The standard InChI is InChI=1S/C14H17BrFNOS/c1-14(2)6-7-17(8-9-19-14)13(18)10-4-3-5-11(15)12(10)16/h3-5H,6-9H2,1-2H3. The van der Waals surface area contributed by atoms with Gasteiger partial charge in [0.05, 0.1) is 10.0 Å². The Morgan fingerprint density at radius 1 is 1.42 bits per heavy atom. The van der Waals surface area contributed by atoms with E-state index in [1.165, 1.54) is 0 Å². The van der Waals surface area contributed by atoms with E-state index in [0.717, 1.165) is 12.2 Å². The SMILES string of the molecule is CC1(C)CCN(C(=O)c2cccc(Br)c2F)CCS1. The molecule has 1 fully saturated rings. The highest BCUT2D eigenvalue weighted by atomic mass is 79.9. The lowest BCUT2D eigenvalue weighted by Gasteiger charge is -2.23. The van der Waals surface area contributed by atoms with E-state index < -0.39 is 5.82 Å².